The molecule has 0 bridgehead atoms. The number of thioether (sulfide) groups is 1. The lowest BCUT2D eigenvalue weighted by Gasteiger charge is -2.16. The minimum atomic E-state index is -0.515. The number of amides is 1. The maximum absolute atomic E-state index is 11.3. The van der Waals surface area contributed by atoms with E-state index < -0.39 is 6.09 Å². The molecule has 0 aliphatic carbocycles. The van der Waals surface area contributed by atoms with E-state index in [0.717, 1.165) is 79.4 Å². The monoisotopic (exact) mass is 500 g/mol. The lowest BCUT2D eigenvalue weighted by molar-refractivity contribution is 0.152. The first-order chi connectivity index (χ1) is 17.1. The highest BCUT2D eigenvalue weighted by Gasteiger charge is 2.23. The Bertz CT molecular complexity index is 1020. The summed E-state index contributed by atoms with van der Waals surface area (Å²) in [6.07, 6.45) is 8.46. The fourth-order valence-electron chi connectivity index (χ4n) is 4.16. The average molecular weight is 501 g/mol. The molecule has 35 heavy (non-hydrogen) atoms. The van der Waals surface area contributed by atoms with Crippen LogP contribution in [0.5, 0.6) is 0 Å². The molecule has 2 N–H and O–H groups in total. The van der Waals surface area contributed by atoms with Crippen LogP contribution < -0.4 is 10.7 Å². The summed E-state index contributed by atoms with van der Waals surface area (Å²) >= 11 is 1.83. The van der Waals surface area contributed by atoms with Crippen molar-refractivity contribution in [3.05, 3.63) is 23.8 Å². The molecule has 1 aliphatic heterocycles. The predicted molar refractivity (Wildman–Crippen MR) is 148 cm³/mol. The first-order valence-electron chi connectivity index (χ1n) is 13.0. The second kappa shape index (κ2) is 14.1. The number of aliphatic imine (C=N–C) groups is 1. The van der Waals surface area contributed by atoms with Crippen LogP contribution in [-0.2, 0) is 4.74 Å². The first kappa shape index (κ1) is 27.0. The van der Waals surface area contributed by atoms with Gasteiger partial charge in [-0.15, -0.1) is 0 Å². The SMILES string of the molecule is CCCCNc1nc2ccc(C(CC)CCCC=NNC(=O)OCC)cc2n1C1=NC(CC)CS1. The van der Waals surface area contributed by atoms with Gasteiger partial charge in [0.25, 0.3) is 0 Å². The second-order valence-corrected chi connectivity index (χ2v) is 9.75. The number of anilines is 1. The van der Waals surface area contributed by atoms with Crippen LogP contribution in [0.15, 0.2) is 28.3 Å². The highest BCUT2D eigenvalue weighted by atomic mass is 32.2. The van der Waals surface area contributed by atoms with Gasteiger partial charge in [-0.05, 0) is 69.1 Å². The molecule has 1 aliphatic rings. The maximum Gasteiger partial charge on any atom is 0.427 e. The zero-order valence-corrected chi connectivity index (χ0v) is 22.4. The molecule has 3 rings (SSSR count). The van der Waals surface area contributed by atoms with Crippen LogP contribution in [0.25, 0.3) is 11.0 Å². The topological polar surface area (TPSA) is 92.9 Å². The Hall–Kier alpha value is -2.55. The van der Waals surface area contributed by atoms with Crippen LogP contribution in [0.4, 0.5) is 10.7 Å². The van der Waals surface area contributed by atoms with Crippen LogP contribution in [0.3, 0.4) is 0 Å². The van der Waals surface area contributed by atoms with Crippen LogP contribution in [0, 0.1) is 0 Å². The number of benzene rings is 1. The van der Waals surface area contributed by atoms with E-state index in [1.807, 2.05) is 11.8 Å². The number of aromatic nitrogens is 2. The summed E-state index contributed by atoms with van der Waals surface area (Å²) in [5.74, 6) is 2.38. The van der Waals surface area contributed by atoms with Crippen molar-refractivity contribution in [3.63, 3.8) is 0 Å². The van der Waals surface area contributed by atoms with Crippen LogP contribution in [-0.4, -0.2) is 52.0 Å². The Morgan fingerprint density at radius 1 is 1.31 bits per heavy atom. The minimum absolute atomic E-state index is 0.338. The third kappa shape index (κ3) is 7.46. The fraction of sp³-hybridized carbons (Fsp3) is 0.615. The number of nitrogens with zero attached hydrogens (tertiary/aromatic N) is 4. The van der Waals surface area contributed by atoms with Gasteiger partial charge in [-0.1, -0.05) is 45.0 Å². The normalized spacial score (nSPS) is 16.6. The number of unbranched alkanes of at least 4 members (excludes halogenated alkanes) is 2. The number of imidazole rings is 1. The molecule has 0 saturated carbocycles. The molecule has 1 amide bonds. The lowest BCUT2D eigenvalue weighted by atomic mass is 9.91. The summed E-state index contributed by atoms with van der Waals surface area (Å²) in [6.45, 7) is 9.66. The van der Waals surface area contributed by atoms with Crippen molar-refractivity contribution in [1.82, 2.24) is 15.0 Å². The summed E-state index contributed by atoms with van der Waals surface area (Å²) in [7, 11) is 0. The number of hydrazone groups is 1. The van der Waals surface area contributed by atoms with Gasteiger partial charge in [-0.2, -0.15) is 5.10 Å². The number of carbonyl (C=O) groups is 1. The molecule has 0 spiro atoms. The van der Waals surface area contributed by atoms with Crippen molar-refractivity contribution < 1.29 is 9.53 Å². The van der Waals surface area contributed by atoms with Gasteiger partial charge in [0.15, 0.2) is 5.17 Å². The molecule has 0 radical (unpaired) electrons. The fourth-order valence-corrected chi connectivity index (χ4v) is 5.35. The van der Waals surface area contributed by atoms with E-state index in [1.165, 1.54) is 5.56 Å². The number of rotatable bonds is 13. The van der Waals surface area contributed by atoms with Crippen molar-refractivity contribution in [2.45, 2.75) is 84.6 Å². The summed E-state index contributed by atoms with van der Waals surface area (Å²) in [5, 5.41) is 8.54. The number of fused-ring (bicyclic) bond motifs is 1. The van der Waals surface area contributed by atoms with Gasteiger partial charge in [0.05, 0.1) is 23.7 Å². The molecule has 2 heterocycles. The van der Waals surface area contributed by atoms with Crippen molar-refractivity contribution in [2.75, 3.05) is 24.2 Å². The molecule has 1 aromatic carbocycles. The number of ether oxygens (including phenoxy) is 1. The molecule has 0 saturated heterocycles. The van der Waals surface area contributed by atoms with E-state index >= 15 is 0 Å². The van der Waals surface area contributed by atoms with Gasteiger partial charge in [0, 0.05) is 18.5 Å². The quantitative estimate of drug-likeness (QED) is 0.189. The molecule has 1 aromatic heterocycles. The first-order valence-corrected chi connectivity index (χ1v) is 14.0. The van der Waals surface area contributed by atoms with Gasteiger partial charge in [0.1, 0.15) is 0 Å². The highest BCUT2D eigenvalue weighted by molar-refractivity contribution is 8.14. The Morgan fingerprint density at radius 2 is 2.17 bits per heavy atom. The summed E-state index contributed by atoms with van der Waals surface area (Å²) < 4.78 is 7.03. The molecule has 192 valence electrons. The van der Waals surface area contributed by atoms with Gasteiger partial charge in [0.2, 0.25) is 5.95 Å². The smallest absolute Gasteiger partial charge is 0.427 e. The van der Waals surface area contributed by atoms with Gasteiger partial charge >= 0.3 is 6.09 Å². The largest absolute Gasteiger partial charge is 0.449 e. The van der Waals surface area contributed by atoms with E-state index in [4.69, 9.17) is 14.7 Å². The van der Waals surface area contributed by atoms with Crippen molar-refractivity contribution in [2.24, 2.45) is 10.1 Å². The molecule has 2 aromatic rings. The molecule has 2 atom stereocenters. The molecular formula is C26H40N6O2S. The Morgan fingerprint density at radius 3 is 2.89 bits per heavy atom. The zero-order valence-electron chi connectivity index (χ0n) is 21.5. The van der Waals surface area contributed by atoms with Crippen LogP contribution in [0.2, 0.25) is 0 Å². The molecule has 0 fully saturated rings. The van der Waals surface area contributed by atoms with E-state index in [2.05, 4.69) is 59.4 Å². The van der Waals surface area contributed by atoms with Crippen molar-refractivity contribution >= 4 is 46.2 Å². The third-order valence-corrected chi connectivity index (χ3v) is 7.32. The average Bonchev–Trinajstić information content (AvgIpc) is 3.47. The van der Waals surface area contributed by atoms with Crippen LogP contribution in [0.1, 0.15) is 84.1 Å². The number of carbonyl (C=O) groups excluding carboxylic acids is 1. The van der Waals surface area contributed by atoms with Crippen LogP contribution >= 0.6 is 11.8 Å². The van der Waals surface area contributed by atoms with Crippen molar-refractivity contribution in [3.8, 4) is 0 Å². The molecule has 9 heteroatoms. The Balaban J connectivity index is 1.75. The van der Waals surface area contributed by atoms with Gasteiger partial charge in [-0.3, -0.25) is 9.56 Å². The van der Waals surface area contributed by atoms with E-state index in [9.17, 15) is 4.79 Å². The van der Waals surface area contributed by atoms with E-state index in [0.29, 0.717) is 18.6 Å². The van der Waals surface area contributed by atoms with Gasteiger partial charge < -0.3 is 10.1 Å². The molecular weight excluding hydrogens is 460 g/mol. The number of nitrogens with one attached hydrogen (secondary N) is 2. The summed E-state index contributed by atoms with van der Waals surface area (Å²) in [5.41, 5.74) is 5.84. The number of hydrogen-bond acceptors (Lipinski definition) is 7. The molecule has 8 nitrogen and oxygen atoms in total. The highest BCUT2D eigenvalue weighted by Crippen LogP contribution is 2.32. The summed E-state index contributed by atoms with van der Waals surface area (Å²) in [4.78, 5) is 21.2. The summed E-state index contributed by atoms with van der Waals surface area (Å²) in [6, 6.07) is 7.05. The number of hydrogen-bond donors (Lipinski definition) is 2. The maximum atomic E-state index is 11.3. The third-order valence-electron chi connectivity index (χ3n) is 6.22. The lowest BCUT2D eigenvalue weighted by Crippen LogP contribution is -2.18. The predicted octanol–water partition coefficient (Wildman–Crippen LogP) is 6.37. The Kier molecular flexibility index (Phi) is 10.9. The standard InChI is InChI=1S/C26H40N6O2S/c1-5-9-15-27-24-30-22-14-13-20(17-23(22)32(24)25-29-21(7-3)18-35-25)19(6-2)12-10-11-16-28-31-26(33)34-8-4/h13-14,16-17,19,21H,5-12,15,18H2,1-4H3,(H,27,30)(H,31,33). The van der Waals surface area contributed by atoms with Gasteiger partial charge in [-0.25, -0.2) is 15.2 Å². The van der Waals surface area contributed by atoms with E-state index in [1.54, 1.807) is 13.1 Å². The zero-order chi connectivity index (χ0) is 25.0. The van der Waals surface area contributed by atoms with E-state index in [-0.39, 0.29) is 0 Å². The van der Waals surface area contributed by atoms with Crippen molar-refractivity contribution in [1.29, 1.82) is 0 Å². The Labute approximate surface area is 213 Å². The second-order valence-electron chi connectivity index (χ2n) is 8.76. The minimum Gasteiger partial charge on any atom is -0.449 e. The molecule has 2 unspecified atom stereocenters.